The van der Waals surface area contributed by atoms with E-state index in [9.17, 15) is 0 Å². The molecule has 92 valence electrons. The molecule has 0 spiro atoms. The summed E-state index contributed by atoms with van der Waals surface area (Å²) >= 11 is 1.72. The Hall–Kier alpha value is -0.450. The molecule has 0 aliphatic heterocycles. The van der Waals surface area contributed by atoms with E-state index in [1.807, 2.05) is 11.7 Å². The number of nitrogens with one attached hydrogen (secondary N) is 1. The fourth-order valence-corrected chi connectivity index (χ4v) is 2.49. The van der Waals surface area contributed by atoms with Crippen LogP contribution in [0, 0.1) is 0 Å². The Balaban J connectivity index is 2.55. The van der Waals surface area contributed by atoms with Gasteiger partial charge >= 0.3 is 0 Å². The third kappa shape index (κ3) is 4.20. The number of aromatic nitrogens is 1. The molecule has 0 amide bonds. The summed E-state index contributed by atoms with van der Waals surface area (Å²) in [6.45, 7) is 5.40. The average molecular weight is 242 g/mol. The van der Waals surface area contributed by atoms with E-state index in [1.54, 1.807) is 18.4 Å². The van der Waals surface area contributed by atoms with Crippen LogP contribution in [0.25, 0.3) is 0 Å². The van der Waals surface area contributed by atoms with E-state index >= 15 is 0 Å². The van der Waals surface area contributed by atoms with Gasteiger partial charge in [0.05, 0.1) is 11.6 Å². The highest BCUT2D eigenvalue weighted by Crippen LogP contribution is 2.13. The fourth-order valence-electron chi connectivity index (χ4n) is 1.84. The standard InChI is InChI=1S/C12H22N2OS/c1-4-6-14-11(12(5-2)15-3)7-10-8-13-9-16-10/h8-9,11-12,14H,4-7H2,1-3H3. The maximum absolute atomic E-state index is 5.53. The molecule has 16 heavy (non-hydrogen) atoms. The first kappa shape index (κ1) is 13.6. The SMILES string of the molecule is CCCNC(Cc1cncs1)C(CC)OC. The Morgan fingerprint density at radius 3 is 2.81 bits per heavy atom. The second kappa shape index (κ2) is 7.76. The van der Waals surface area contributed by atoms with Gasteiger partial charge in [-0.15, -0.1) is 11.3 Å². The van der Waals surface area contributed by atoms with Gasteiger partial charge in [-0.05, 0) is 19.4 Å². The van der Waals surface area contributed by atoms with E-state index in [4.69, 9.17) is 4.74 Å². The molecule has 1 heterocycles. The summed E-state index contributed by atoms with van der Waals surface area (Å²) in [5, 5.41) is 3.56. The van der Waals surface area contributed by atoms with E-state index in [0.29, 0.717) is 6.04 Å². The zero-order valence-corrected chi connectivity index (χ0v) is 11.2. The zero-order valence-electron chi connectivity index (χ0n) is 10.4. The Labute approximate surface area is 102 Å². The number of hydrogen-bond donors (Lipinski definition) is 1. The van der Waals surface area contributed by atoms with Crippen molar-refractivity contribution in [2.75, 3.05) is 13.7 Å². The molecule has 1 N–H and O–H groups in total. The van der Waals surface area contributed by atoms with Gasteiger partial charge in [-0.1, -0.05) is 13.8 Å². The van der Waals surface area contributed by atoms with Gasteiger partial charge in [0.25, 0.3) is 0 Å². The fraction of sp³-hybridized carbons (Fsp3) is 0.750. The molecule has 1 rings (SSSR count). The molecule has 3 nitrogen and oxygen atoms in total. The van der Waals surface area contributed by atoms with Crippen LogP contribution in [-0.2, 0) is 11.2 Å². The summed E-state index contributed by atoms with van der Waals surface area (Å²) in [7, 11) is 1.79. The lowest BCUT2D eigenvalue weighted by molar-refractivity contribution is 0.0656. The molecule has 2 unspecified atom stereocenters. The van der Waals surface area contributed by atoms with Crippen molar-refractivity contribution in [3.8, 4) is 0 Å². The molecular weight excluding hydrogens is 220 g/mol. The van der Waals surface area contributed by atoms with Crippen molar-refractivity contribution in [3.05, 3.63) is 16.6 Å². The zero-order chi connectivity index (χ0) is 11.8. The molecule has 0 bridgehead atoms. The highest BCUT2D eigenvalue weighted by molar-refractivity contribution is 7.09. The lowest BCUT2D eigenvalue weighted by atomic mass is 10.0. The largest absolute Gasteiger partial charge is 0.380 e. The molecule has 4 heteroatoms. The predicted octanol–water partition coefficient (Wildman–Crippen LogP) is 2.48. The van der Waals surface area contributed by atoms with E-state index in [0.717, 1.165) is 25.8 Å². The highest BCUT2D eigenvalue weighted by atomic mass is 32.1. The lowest BCUT2D eigenvalue weighted by Gasteiger charge is -2.25. The highest BCUT2D eigenvalue weighted by Gasteiger charge is 2.19. The third-order valence-corrected chi connectivity index (χ3v) is 3.52. The normalized spacial score (nSPS) is 14.9. The van der Waals surface area contributed by atoms with Crippen molar-refractivity contribution in [3.63, 3.8) is 0 Å². The second-order valence-electron chi connectivity index (χ2n) is 3.91. The Morgan fingerprint density at radius 1 is 1.50 bits per heavy atom. The summed E-state index contributed by atoms with van der Waals surface area (Å²) < 4.78 is 5.53. The van der Waals surface area contributed by atoms with Gasteiger partial charge in [-0.2, -0.15) is 0 Å². The topological polar surface area (TPSA) is 34.2 Å². The first-order valence-corrected chi connectivity index (χ1v) is 6.83. The van der Waals surface area contributed by atoms with Gasteiger partial charge in [0.2, 0.25) is 0 Å². The third-order valence-electron chi connectivity index (χ3n) is 2.71. The summed E-state index contributed by atoms with van der Waals surface area (Å²) in [6.07, 6.45) is 5.44. The van der Waals surface area contributed by atoms with Crippen LogP contribution in [0.2, 0.25) is 0 Å². The minimum Gasteiger partial charge on any atom is -0.380 e. The summed E-state index contributed by atoms with van der Waals surface area (Å²) in [5.74, 6) is 0. The average Bonchev–Trinajstić information content (AvgIpc) is 2.80. The molecular formula is C12H22N2OS. The van der Waals surface area contributed by atoms with Crippen LogP contribution in [-0.4, -0.2) is 30.8 Å². The summed E-state index contributed by atoms with van der Waals surface area (Å²) in [6, 6.07) is 0.399. The predicted molar refractivity (Wildman–Crippen MR) is 69.0 cm³/mol. The number of rotatable bonds is 8. The minimum atomic E-state index is 0.286. The van der Waals surface area contributed by atoms with Gasteiger partial charge in [0, 0.05) is 30.6 Å². The maximum Gasteiger partial charge on any atom is 0.0794 e. The molecule has 0 aromatic carbocycles. The first-order valence-electron chi connectivity index (χ1n) is 5.95. The van der Waals surface area contributed by atoms with Crippen LogP contribution < -0.4 is 5.32 Å². The van der Waals surface area contributed by atoms with Crippen molar-refractivity contribution in [2.45, 2.75) is 45.3 Å². The smallest absolute Gasteiger partial charge is 0.0794 e. The van der Waals surface area contributed by atoms with Gasteiger partial charge in [0.1, 0.15) is 0 Å². The van der Waals surface area contributed by atoms with Gasteiger partial charge in [-0.25, -0.2) is 0 Å². The second-order valence-corrected chi connectivity index (χ2v) is 4.89. The molecule has 0 aliphatic rings. The number of ether oxygens (including phenoxy) is 1. The minimum absolute atomic E-state index is 0.286. The van der Waals surface area contributed by atoms with Crippen LogP contribution in [0.1, 0.15) is 31.6 Å². The van der Waals surface area contributed by atoms with Gasteiger partial charge in [0.15, 0.2) is 0 Å². The van der Waals surface area contributed by atoms with E-state index in [1.165, 1.54) is 4.88 Å². The van der Waals surface area contributed by atoms with Crippen LogP contribution in [0.3, 0.4) is 0 Å². The number of nitrogens with zero attached hydrogens (tertiary/aromatic N) is 1. The Bertz CT molecular complexity index is 260. The number of hydrogen-bond acceptors (Lipinski definition) is 4. The maximum atomic E-state index is 5.53. The van der Waals surface area contributed by atoms with E-state index in [2.05, 4.69) is 24.1 Å². The van der Waals surface area contributed by atoms with Crippen molar-refractivity contribution in [1.82, 2.24) is 10.3 Å². The van der Waals surface area contributed by atoms with Crippen molar-refractivity contribution in [1.29, 1.82) is 0 Å². The van der Waals surface area contributed by atoms with Crippen LogP contribution in [0.4, 0.5) is 0 Å². The van der Waals surface area contributed by atoms with Gasteiger partial charge < -0.3 is 10.1 Å². The van der Waals surface area contributed by atoms with Crippen molar-refractivity contribution in [2.24, 2.45) is 0 Å². The van der Waals surface area contributed by atoms with E-state index < -0.39 is 0 Å². The monoisotopic (exact) mass is 242 g/mol. The Kier molecular flexibility index (Phi) is 6.61. The molecule has 2 atom stereocenters. The van der Waals surface area contributed by atoms with Crippen LogP contribution >= 0.6 is 11.3 Å². The van der Waals surface area contributed by atoms with Crippen molar-refractivity contribution >= 4 is 11.3 Å². The number of thiazole rings is 1. The lowest BCUT2D eigenvalue weighted by Crippen LogP contribution is -2.42. The van der Waals surface area contributed by atoms with E-state index in [-0.39, 0.29) is 6.10 Å². The summed E-state index contributed by atoms with van der Waals surface area (Å²) in [4.78, 5) is 5.44. The molecule has 0 saturated carbocycles. The molecule has 0 aliphatic carbocycles. The molecule has 1 aromatic rings. The van der Waals surface area contributed by atoms with Gasteiger partial charge in [-0.3, -0.25) is 4.98 Å². The Morgan fingerprint density at radius 2 is 2.31 bits per heavy atom. The summed E-state index contributed by atoms with van der Waals surface area (Å²) in [5.41, 5.74) is 1.89. The quantitative estimate of drug-likeness (QED) is 0.760. The van der Waals surface area contributed by atoms with Crippen LogP contribution in [0.5, 0.6) is 0 Å². The molecule has 1 aromatic heterocycles. The van der Waals surface area contributed by atoms with Crippen LogP contribution in [0.15, 0.2) is 11.7 Å². The molecule has 0 saturated heterocycles. The van der Waals surface area contributed by atoms with Crippen molar-refractivity contribution < 1.29 is 4.74 Å². The molecule has 0 fully saturated rings. The number of methoxy groups -OCH3 is 1. The molecule has 0 radical (unpaired) electrons. The first-order chi connectivity index (χ1) is 7.81.